The highest BCUT2D eigenvalue weighted by molar-refractivity contribution is 6.01. The SMILES string of the molecule is CC(C)(Oc1cc2c(cc1-c1cc(C(F)(F)F)cc(C(F)(F)F)c1)CCC2=O)C(=O)O. The summed E-state index contributed by atoms with van der Waals surface area (Å²) in [6.45, 7) is 2.34. The molecular formula is C21H16F6O4. The van der Waals surface area contributed by atoms with Crippen molar-refractivity contribution in [2.24, 2.45) is 0 Å². The molecule has 0 saturated carbocycles. The number of carboxylic acid groups (broad SMARTS) is 1. The zero-order valence-electron chi connectivity index (χ0n) is 16.2. The molecule has 2 aromatic carbocycles. The van der Waals surface area contributed by atoms with Gasteiger partial charge in [-0.05, 0) is 61.7 Å². The average molecular weight is 446 g/mol. The van der Waals surface area contributed by atoms with Crippen LogP contribution in [0.25, 0.3) is 11.1 Å². The van der Waals surface area contributed by atoms with Crippen LogP contribution in [0, 0.1) is 0 Å². The second kappa shape index (κ2) is 7.28. The minimum absolute atomic E-state index is 0.00209. The van der Waals surface area contributed by atoms with Gasteiger partial charge in [-0.15, -0.1) is 0 Å². The number of carboxylic acids is 1. The summed E-state index contributed by atoms with van der Waals surface area (Å²) in [5.74, 6) is -1.99. The third kappa shape index (κ3) is 4.52. The van der Waals surface area contributed by atoms with E-state index in [9.17, 15) is 41.0 Å². The number of hydrogen-bond acceptors (Lipinski definition) is 3. The van der Waals surface area contributed by atoms with Crippen LogP contribution in [0.1, 0.15) is 47.3 Å². The maximum atomic E-state index is 13.3. The average Bonchev–Trinajstić information content (AvgIpc) is 2.99. The topological polar surface area (TPSA) is 63.6 Å². The van der Waals surface area contributed by atoms with Crippen molar-refractivity contribution in [2.45, 2.75) is 44.6 Å². The number of carbonyl (C=O) groups is 2. The number of halogens is 6. The van der Waals surface area contributed by atoms with Crippen molar-refractivity contribution in [1.29, 1.82) is 0 Å². The molecule has 31 heavy (non-hydrogen) atoms. The van der Waals surface area contributed by atoms with Gasteiger partial charge in [0, 0.05) is 17.5 Å². The summed E-state index contributed by atoms with van der Waals surface area (Å²) in [4.78, 5) is 23.5. The normalized spacial score (nSPS) is 14.5. The molecule has 166 valence electrons. The maximum absolute atomic E-state index is 13.3. The molecule has 1 aliphatic carbocycles. The van der Waals surface area contributed by atoms with E-state index in [1.165, 1.54) is 26.0 Å². The second-order valence-electron chi connectivity index (χ2n) is 7.64. The predicted octanol–water partition coefficient (Wildman–Crippen LogP) is 5.76. The van der Waals surface area contributed by atoms with Gasteiger partial charge in [-0.3, -0.25) is 4.79 Å². The number of benzene rings is 2. The van der Waals surface area contributed by atoms with E-state index in [2.05, 4.69) is 0 Å². The molecule has 0 saturated heterocycles. The van der Waals surface area contributed by atoms with Crippen LogP contribution in [0.4, 0.5) is 26.3 Å². The van der Waals surface area contributed by atoms with Crippen LogP contribution in [-0.4, -0.2) is 22.5 Å². The first-order chi connectivity index (χ1) is 14.1. The summed E-state index contributed by atoms with van der Waals surface area (Å²) in [7, 11) is 0. The molecule has 0 aromatic heterocycles. The number of hydrogen-bond donors (Lipinski definition) is 1. The summed E-state index contributed by atoms with van der Waals surface area (Å²) in [5.41, 5.74) is -4.89. The molecule has 2 aromatic rings. The Kier molecular flexibility index (Phi) is 5.32. The fraction of sp³-hybridized carbons (Fsp3) is 0.333. The molecule has 0 radical (unpaired) electrons. The van der Waals surface area contributed by atoms with Gasteiger partial charge in [0.2, 0.25) is 0 Å². The van der Waals surface area contributed by atoms with Gasteiger partial charge in [-0.1, -0.05) is 0 Å². The van der Waals surface area contributed by atoms with Gasteiger partial charge in [-0.2, -0.15) is 26.3 Å². The first-order valence-corrected chi connectivity index (χ1v) is 9.02. The largest absolute Gasteiger partial charge is 0.478 e. The lowest BCUT2D eigenvalue weighted by molar-refractivity contribution is -0.152. The van der Waals surface area contributed by atoms with Crippen molar-refractivity contribution in [3.8, 4) is 16.9 Å². The number of ketones is 1. The number of aryl methyl sites for hydroxylation is 1. The molecule has 0 unspecified atom stereocenters. The highest BCUT2D eigenvalue weighted by atomic mass is 19.4. The zero-order valence-corrected chi connectivity index (χ0v) is 16.2. The minimum Gasteiger partial charge on any atom is -0.478 e. The number of carbonyl (C=O) groups excluding carboxylic acids is 1. The summed E-state index contributed by atoms with van der Waals surface area (Å²) >= 11 is 0. The number of Topliss-reactive ketones (excluding diaryl/α,β-unsaturated/α-hetero) is 1. The Morgan fingerprint density at radius 1 is 0.871 bits per heavy atom. The van der Waals surface area contributed by atoms with E-state index in [1.54, 1.807) is 0 Å². The molecule has 10 heteroatoms. The fourth-order valence-corrected chi connectivity index (χ4v) is 3.21. The Labute approximate surface area is 172 Å². The zero-order chi connectivity index (χ0) is 23.4. The quantitative estimate of drug-likeness (QED) is 0.607. The molecule has 1 aliphatic rings. The Hall–Kier alpha value is -3.04. The van der Waals surface area contributed by atoms with E-state index in [4.69, 9.17) is 4.74 Å². The molecule has 0 bridgehead atoms. The van der Waals surface area contributed by atoms with Crippen molar-refractivity contribution < 1.29 is 45.8 Å². The Balaban J connectivity index is 2.29. The number of aliphatic carboxylic acids is 1. The van der Waals surface area contributed by atoms with Crippen molar-refractivity contribution >= 4 is 11.8 Å². The summed E-state index contributed by atoms with van der Waals surface area (Å²) in [6.07, 6.45) is -9.72. The van der Waals surface area contributed by atoms with Crippen molar-refractivity contribution in [3.05, 3.63) is 52.6 Å². The van der Waals surface area contributed by atoms with Crippen LogP contribution in [0.15, 0.2) is 30.3 Å². The number of fused-ring (bicyclic) bond motifs is 1. The molecule has 0 atom stereocenters. The maximum Gasteiger partial charge on any atom is 0.416 e. The molecular weight excluding hydrogens is 430 g/mol. The minimum atomic E-state index is -5.05. The smallest absolute Gasteiger partial charge is 0.416 e. The monoisotopic (exact) mass is 446 g/mol. The van der Waals surface area contributed by atoms with Gasteiger partial charge in [0.1, 0.15) is 5.75 Å². The highest BCUT2D eigenvalue weighted by Gasteiger charge is 2.38. The van der Waals surface area contributed by atoms with E-state index in [-0.39, 0.29) is 41.6 Å². The molecule has 0 heterocycles. The number of alkyl halides is 6. The molecule has 1 N–H and O–H groups in total. The Bertz CT molecular complexity index is 1030. The van der Waals surface area contributed by atoms with E-state index < -0.39 is 40.6 Å². The Morgan fingerprint density at radius 3 is 1.90 bits per heavy atom. The van der Waals surface area contributed by atoms with Crippen LogP contribution in [0.3, 0.4) is 0 Å². The first kappa shape index (κ1) is 22.6. The van der Waals surface area contributed by atoms with Gasteiger partial charge in [0.05, 0.1) is 11.1 Å². The standard InChI is InChI=1S/C21H16F6O4/c1-19(2,18(29)30)31-17-9-14-10(3-4-16(14)28)7-15(17)11-5-12(20(22,23)24)8-13(6-11)21(25,26)27/h5-9H,3-4H2,1-2H3,(H,29,30). The fourth-order valence-electron chi connectivity index (χ4n) is 3.21. The van der Waals surface area contributed by atoms with Crippen LogP contribution in [0.5, 0.6) is 5.75 Å². The summed E-state index contributed by atoms with van der Waals surface area (Å²) in [6, 6.07) is 3.53. The van der Waals surface area contributed by atoms with Gasteiger partial charge >= 0.3 is 18.3 Å². The predicted molar refractivity (Wildman–Crippen MR) is 96.9 cm³/mol. The lowest BCUT2D eigenvalue weighted by Crippen LogP contribution is -2.38. The van der Waals surface area contributed by atoms with Crippen LogP contribution < -0.4 is 4.74 Å². The van der Waals surface area contributed by atoms with Crippen molar-refractivity contribution in [2.75, 3.05) is 0 Å². The van der Waals surface area contributed by atoms with Gasteiger partial charge < -0.3 is 9.84 Å². The van der Waals surface area contributed by atoms with E-state index in [1.807, 2.05) is 0 Å². The number of rotatable bonds is 4. The van der Waals surface area contributed by atoms with Gasteiger partial charge in [-0.25, -0.2) is 4.79 Å². The molecule has 0 spiro atoms. The second-order valence-corrected chi connectivity index (χ2v) is 7.64. The Morgan fingerprint density at radius 2 is 1.42 bits per heavy atom. The lowest BCUT2D eigenvalue weighted by atomic mass is 9.95. The number of ether oxygens (including phenoxy) is 1. The molecule has 0 amide bonds. The van der Waals surface area contributed by atoms with Gasteiger partial charge in [0.15, 0.2) is 11.4 Å². The molecule has 0 fully saturated rings. The van der Waals surface area contributed by atoms with Gasteiger partial charge in [0.25, 0.3) is 0 Å². The van der Waals surface area contributed by atoms with Crippen molar-refractivity contribution in [1.82, 2.24) is 0 Å². The molecule has 4 nitrogen and oxygen atoms in total. The third-order valence-electron chi connectivity index (χ3n) is 4.91. The van der Waals surface area contributed by atoms with Crippen LogP contribution in [-0.2, 0) is 23.6 Å². The van der Waals surface area contributed by atoms with E-state index in [0.29, 0.717) is 17.7 Å². The lowest BCUT2D eigenvalue weighted by Gasteiger charge is -2.24. The van der Waals surface area contributed by atoms with E-state index in [0.717, 1.165) is 0 Å². The van der Waals surface area contributed by atoms with Crippen molar-refractivity contribution in [3.63, 3.8) is 0 Å². The highest BCUT2D eigenvalue weighted by Crippen LogP contribution is 2.43. The first-order valence-electron chi connectivity index (χ1n) is 9.02. The summed E-state index contributed by atoms with van der Waals surface area (Å²) in [5, 5.41) is 9.32. The van der Waals surface area contributed by atoms with Crippen LogP contribution in [0.2, 0.25) is 0 Å². The third-order valence-corrected chi connectivity index (χ3v) is 4.91. The molecule has 3 rings (SSSR count). The van der Waals surface area contributed by atoms with Crippen LogP contribution >= 0.6 is 0 Å². The molecule has 0 aliphatic heterocycles. The van der Waals surface area contributed by atoms with E-state index >= 15 is 0 Å². The summed E-state index contributed by atoms with van der Waals surface area (Å²) < 4.78 is 85.1.